The van der Waals surface area contributed by atoms with Gasteiger partial charge in [-0.2, -0.15) is 5.10 Å². The molecule has 0 bridgehead atoms. The summed E-state index contributed by atoms with van der Waals surface area (Å²) in [6.45, 7) is 0.334. The molecular weight excluding hydrogens is 459 g/mol. The highest BCUT2D eigenvalue weighted by Gasteiger charge is 2.08. The van der Waals surface area contributed by atoms with Crippen LogP contribution in [0.2, 0.25) is 10.0 Å². The fourth-order valence-corrected chi connectivity index (χ4v) is 2.99. The molecular formula is C18H17BrCl2N2O4. The number of ether oxygens (including phenoxy) is 2. The van der Waals surface area contributed by atoms with E-state index in [9.17, 15) is 9.90 Å². The van der Waals surface area contributed by atoms with E-state index >= 15 is 0 Å². The van der Waals surface area contributed by atoms with Crippen molar-refractivity contribution in [2.24, 2.45) is 5.10 Å². The van der Waals surface area contributed by atoms with Crippen LogP contribution in [0.15, 0.2) is 39.9 Å². The second-order valence-corrected chi connectivity index (χ2v) is 7.07. The Morgan fingerprint density at radius 1 is 1.30 bits per heavy atom. The molecule has 0 aliphatic heterocycles. The van der Waals surface area contributed by atoms with Gasteiger partial charge in [-0.05, 0) is 58.2 Å². The lowest BCUT2D eigenvalue weighted by molar-refractivity contribution is -0.121. The maximum atomic E-state index is 11.8. The lowest BCUT2D eigenvalue weighted by atomic mass is 10.2. The van der Waals surface area contributed by atoms with Crippen molar-refractivity contribution >= 4 is 51.3 Å². The number of aromatic hydroxyl groups is 1. The van der Waals surface area contributed by atoms with E-state index in [0.717, 1.165) is 0 Å². The van der Waals surface area contributed by atoms with Crippen LogP contribution in [0.25, 0.3) is 0 Å². The molecule has 9 heteroatoms. The van der Waals surface area contributed by atoms with Gasteiger partial charge in [0, 0.05) is 11.4 Å². The van der Waals surface area contributed by atoms with Crippen LogP contribution in [-0.4, -0.2) is 30.9 Å². The van der Waals surface area contributed by atoms with Crippen LogP contribution >= 0.6 is 39.1 Å². The van der Waals surface area contributed by atoms with E-state index in [1.807, 2.05) is 0 Å². The Bertz CT molecular complexity index is 846. The summed E-state index contributed by atoms with van der Waals surface area (Å²) in [7, 11) is 1.45. The average molecular weight is 476 g/mol. The van der Waals surface area contributed by atoms with Gasteiger partial charge in [0.05, 0.1) is 29.4 Å². The van der Waals surface area contributed by atoms with Gasteiger partial charge in [-0.3, -0.25) is 4.79 Å². The fraction of sp³-hybridized carbons (Fsp3) is 0.222. The number of carbonyl (C=O) groups is 1. The molecule has 0 saturated carbocycles. The van der Waals surface area contributed by atoms with Gasteiger partial charge in [-0.25, -0.2) is 5.43 Å². The number of phenols is 1. The van der Waals surface area contributed by atoms with E-state index in [0.29, 0.717) is 44.6 Å². The van der Waals surface area contributed by atoms with Crippen LogP contribution in [0.5, 0.6) is 17.2 Å². The molecule has 0 aromatic heterocycles. The zero-order valence-electron chi connectivity index (χ0n) is 14.3. The normalized spacial score (nSPS) is 10.8. The van der Waals surface area contributed by atoms with E-state index in [2.05, 4.69) is 26.5 Å². The quantitative estimate of drug-likeness (QED) is 0.327. The minimum absolute atomic E-state index is 0.000485. The summed E-state index contributed by atoms with van der Waals surface area (Å²) in [5, 5.41) is 14.6. The molecule has 6 nitrogen and oxygen atoms in total. The lowest BCUT2D eigenvalue weighted by Crippen LogP contribution is -2.18. The first-order valence-electron chi connectivity index (χ1n) is 7.87. The van der Waals surface area contributed by atoms with Gasteiger partial charge < -0.3 is 14.6 Å². The minimum atomic E-state index is -0.248. The number of hydrazone groups is 1. The summed E-state index contributed by atoms with van der Waals surface area (Å²) in [6.07, 6.45) is 2.19. The Balaban J connectivity index is 1.76. The Morgan fingerprint density at radius 2 is 2.07 bits per heavy atom. The number of rotatable bonds is 8. The topological polar surface area (TPSA) is 80.2 Å². The molecule has 2 N–H and O–H groups in total. The molecule has 0 heterocycles. The van der Waals surface area contributed by atoms with E-state index in [-0.39, 0.29) is 18.1 Å². The van der Waals surface area contributed by atoms with Gasteiger partial charge in [-0.15, -0.1) is 0 Å². The fourth-order valence-electron chi connectivity index (χ4n) is 2.07. The van der Waals surface area contributed by atoms with Gasteiger partial charge in [0.1, 0.15) is 5.75 Å². The van der Waals surface area contributed by atoms with Crippen molar-refractivity contribution in [3.8, 4) is 17.2 Å². The van der Waals surface area contributed by atoms with Crippen molar-refractivity contribution in [1.29, 1.82) is 0 Å². The van der Waals surface area contributed by atoms with Crippen LogP contribution in [0.3, 0.4) is 0 Å². The average Bonchev–Trinajstić information content (AvgIpc) is 2.63. The predicted molar refractivity (Wildman–Crippen MR) is 109 cm³/mol. The van der Waals surface area contributed by atoms with Crippen molar-refractivity contribution < 1.29 is 19.4 Å². The van der Waals surface area contributed by atoms with Gasteiger partial charge in [0.15, 0.2) is 11.5 Å². The van der Waals surface area contributed by atoms with E-state index in [1.54, 1.807) is 30.3 Å². The zero-order chi connectivity index (χ0) is 19.8. The monoisotopic (exact) mass is 474 g/mol. The van der Waals surface area contributed by atoms with E-state index < -0.39 is 0 Å². The number of benzene rings is 2. The van der Waals surface area contributed by atoms with Crippen LogP contribution in [0.4, 0.5) is 0 Å². The molecule has 0 aliphatic rings. The van der Waals surface area contributed by atoms with Crippen molar-refractivity contribution in [1.82, 2.24) is 5.43 Å². The molecule has 0 saturated heterocycles. The third-order valence-electron chi connectivity index (χ3n) is 3.37. The molecule has 0 aliphatic carbocycles. The van der Waals surface area contributed by atoms with Crippen molar-refractivity contribution in [2.45, 2.75) is 12.8 Å². The summed E-state index contributed by atoms with van der Waals surface area (Å²) >= 11 is 15.0. The summed E-state index contributed by atoms with van der Waals surface area (Å²) in [6, 6.07) is 8.20. The van der Waals surface area contributed by atoms with Crippen molar-refractivity contribution in [3.63, 3.8) is 0 Å². The minimum Gasteiger partial charge on any atom is -0.503 e. The molecule has 0 atom stereocenters. The molecule has 0 radical (unpaired) electrons. The van der Waals surface area contributed by atoms with Gasteiger partial charge in [-0.1, -0.05) is 23.2 Å². The number of hydrogen-bond acceptors (Lipinski definition) is 5. The SMILES string of the molecule is COc1cc(/C=N\NC(=O)CCCOc2ccc(Cl)cc2Cl)cc(Br)c1O. The number of hydrogen-bond donors (Lipinski definition) is 2. The third-order valence-corrected chi connectivity index (χ3v) is 4.51. The Hall–Kier alpha value is -1.96. The van der Waals surface area contributed by atoms with E-state index in [1.165, 1.54) is 13.3 Å². The Kier molecular flexibility index (Phi) is 8.22. The maximum absolute atomic E-state index is 11.8. The van der Waals surface area contributed by atoms with Crippen LogP contribution < -0.4 is 14.9 Å². The largest absolute Gasteiger partial charge is 0.503 e. The highest BCUT2D eigenvalue weighted by molar-refractivity contribution is 9.10. The van der Waals surface area contributed by atoms with Crippen molar-refractivity contribution in [2.75, 3.05) is 13.7 Å². The molecule has 144 valence electrons. The molecule has 2 aromatic rings. The van der Waals surface area contributed by atoms with Gasteiger partial charge >= 0.3 is 0 Å². The number of halogens is 3. The predicted octanol–water partition coefficient (Wildman–Crippen LogP) is 4.78. The Morgan fingerprint density at radius 3 is 2.78 bits per heavy atom. The second-order valence-electron chi connectivity index (χ2n) is 5.37. The summed E-state index contributed by atoms with van der Waals surface area (Å²) in [5.74, 6) is 0.572. The summed E-state index contributed by atoms with van der Waals surface area (Å²) < 4.78 is 11.0. The number of nitrogens with zero attached hydrogens (tertiary/aromatic N) is 1. The van der Waals surface area contributed by atoms with Crippen molar-refractivity contribution in [3.05, 3.63) is 50.4 Å². The molecule has 27 heavy (non-hydrogen) atoms. The van der Waals surface area contributed by atoms with Crippen LogP contribution in [-0.2, 0) is 4.79 Å². The second kappa shape index (κ2) is 10.4. The first kappa shape index (κ1) is 21.3. The van der Waals surface area contributed by atoms with Crippen LogP contribution in [0.1, 0.15) is 18.4 Å². The number of carbonyl (C=O) groups excluding carboxylic acids is 1. The number of methoxy groups -OCH3 is 1. The number of nitrogens with one attached hydrogen (secondary N) is 1. The number of amides is 1. The Labute approximate surface area is 175 Å². The van der Waals surface area contributed by atoms with Crippen LogP contribution in [0, 0.1) is 0 Å². The zero-order valence-corrected chi connectivity index (χ0v) is 17.4. The molecule has 0 unspecified atom stereocenters. The summed E-state index contributed by atoms with van der Waals surface area (Å²) in [4.78, 5) is 11.8. The first-order valence-corrected chi connectivity index (χ1v) is 9.42. The lowest BCUT2D eigenvalue weighted by Gasteiger charge is -2.08. The highest BCUT2D eigenvalue weighted by atomic mass is 79.9. The standard InChI is InChI=1S/C18H17BrCl2N2O4/c1-26-16-8-11(7-13(19)18(16)25)10-22-23-17(24)3-2-6-27-15-5-4-12(20)9-14(15)21/h4-5,7-10,25H,2-3,6H2,1H3,(H,23,24)/b22-10-. The summed E-state index contributed by atoms with van der Waals surface area (Å²) in [5.41, 5.74) is 3.08. The molecule has 2 rings (SSSR count). The third kappa shape index (κ3) is 6.61. The molecule has 0 fully saturated rings. The van der Waals surface area contributed by atoms with E-state index in [4.69, 9.17) is 32.7 Å². The maximum Gasteiger partial charge on any atom is 0.240 e. The number of phenolic OH excluding ortho intramolecular Hbond substituents is 1. The first-order chi connectivity index (χ1) is 12.9. The molecule has 0 spiro atoms. The molecule has 1 amide bonds. The van der Waals surface area contributed by atoms with Gasteiger partial charge in [0.25, 0.3) is 0 Å². The molecule has 2 aromatic carbocycles. The smallest absolute Gasteiger partial charge is 0.240 e. The van der Waals surface area contributed by atoms with Gasteiger partial charge in [0.2, 0.25) is 5.91 Å². The highest BCUT2D eigenvalue weighted by Crippen LogP contribution is 2.34.